The molecule has 206 valence electrons. The van der Waals surface area contributed by atoms with E-state index in [2.05, 4.69) is 24.0 Å². The third-order valence-corrected chi connectivity index (χ3v) is 11.6. The molecule has 3 saturated carbocycles. The zero-order chi connectivity index (χ0) is 26.5. The van der Waals surface area contributed by atoms with E-state index in [1.165, 1.54) is 6.42 Å². The van der Waals surface area contributed by atoms with E-state index in [1.54, 1.807) is 0 Å². The Kier molecular flexibility index (Phi) is 5.79. The maximum Gasteiger partial charge on any atom is 0.335 e. The van der Waals surface area contributed by atoms with Crippen LogP contribution in [0.25, 0.3) is 0 Å². The SMILES string of the molecule is C[C@]12Cc3c(O[C@@H]4OC(C(=O)O)[C@@H](O)C(O)C4O)n[nH]c3C[C@@H]1CC[C@@H]1[C@@H]2CC[C@@]2(C)[C@H]1CC[C@]2(C)O. The number of aliphatic carboxylic acids is 1. The molecule has 1 aromatic rings. The lowest BCUT2D eigenvalue weighted by Crippen LogP contribution is -2.61. The quantitative estimate of drug-likeness (QED) is 0.345. The summed E-state index contributed by atoms with van der Waals surface area (Å²) in [5, 5.41) is 58.6. The number of ether oxygens (including phenoxy) is 2. The van der Waals surface area contributed by atoms with E-state index in [0.717, 1.165) is 56.2 Å². The van der Waals surface area contributed by atoms with Crippen molar-refractivity contribution in [3.8, 4) is 5.88 Å². The third kappa shape index (κ3) is 3.55. The zero-order valence-corrected chi connectivity index (χ0v) is 21.8. The van der Waals surface area contributed by atoms with Crippen molar-refractivity contribution in [1.82, 2.24) is 10.2 Å². The maximum absolute atomic E-state index is 11.5. The highest BCUT2D eigenvalue weighted by molar-refractivity contribution is 5.73. The fourth-order valence-corrected chi connectivity index (χ4v) is 9.11. The topological polar surface area (TPSA) is 165 Å². The Hall–Kier alpha value is -1.72. The van der Waals surface area contributed by atoms with Gasteiger partial charge in [0, 0.05) is 11.3 Å². The summed E-state index contributed by atoms with van der Waals surface area (Å²) in [6.45, 7) is 6.70. The molecule has 1 aliphatic heterocycles. The highest BCUT2D eigenvalue weighted by Crippen LogP contribution is 2.67. The lowest BCUT2D eigenvalue weighted by Gasteiger charge is -2.60. The van der Waals surface area contributed by atoms with Crippen LogP contribution < -0.4 is 4.74 Å². The molecule has 0 aromatic carbocycles. The van der Waals surface area contributed by atoms with Gasteiger partial charge in [0.1, 0.15) is 18.3 Å². The summed E-state index contributed by atoms with van der Waals surface area (Å²) in [7, 11) is 0. The van der Waals surface area contributed by atoms with Gasteiger partial charge in [-0.2, -0.15) is 0 Å². The second kappa shape index (κ2) is 8.39. The normalized spacial score (nSPS) is 50.9. The molecule has 5 aliphatic rings. The van der Waals surface area contributed by atoms with Crippen LogP contribution in [-0.4, -0.2) is 78.0 Å². The number of aliphatic hydroxyl groups is 4. The number of carboxylic acid groups (broad SMARTS) is 1. The minimum Gasteiger partial charge on any atom is -0.479 e. The van der Waals surface area contributed by atoms with E-state index in [9.17, 15) is 30.3 Å². The van der Waals surface area contributed by atoms with Crippen molar-refractivity contribution in [2.45, 2.75) is 108 Å². The largest absolute Gasteiger partial charge is 0.479 e. The highest BCUT2D eigenvalue weighted by Gasteiger charge is 2.63. The molecule has 1 aromatic heterocycles. The number of rotatable bonds is 3. The van der Waals surface area contributed by atoms with Gasteiger partial charge in [-0.05, 0) is 92.8 Å². The second-order valence-electron chi connectivity index (χ2n) is 13.1. The summed E-state index contributed by atoms with van der Waals surface area (Å²) in [5.41, 5.74) is 1.27. The third-order valence-electron chi connectivity index (χ3n) is 11.6. The van der Waals surface area contributed by atoms with E-state index in [-0.39, 0.29) is 16.7 Å². The second-order valence-corrected chi connectivity index (χ2v) is 13.1. The number of nitrogens with one attached hydrogen (secondary N) is 1. The molecule has 0 spiro atoms. The number of aromatic nitrogens is 2. The molecule has 3 unspecified atom stereocenters. The van der Waals surface area contributed by atoms with Crippen LogP contribution in [0.4, 0.5) is 0 Å². The molecule has 2 heterocycles. The van der Waals surface area contributed by atoms with E-state index >= 15 is 0 Å². The van der Waals surface area contributed by atoms with Gasteiger partial charge in [0.2, 0.25) is 12.2 Å². The van der Waals surface area contributed by atoms with Gasteiger partial charge in [-0.1, -0.05) is 13.8 Å². The molecule has 1 saturated heterocycles. The first-order chi connectivity index (χ1) is 17.4. The fraction of sp³-hybridized carbons (Fsp3) is 0.852. The van der Waals surface area contributed by atoms with Gasteiger partial charge in [-0.3, -0.25) is 5.10 Å². The van der Waals surface area contributed by atoms with Crippen LogP contribution in [0.2, 0.25) is 0 Å². The summed E-state index contributed by atoms with van der Waals surface area (Å²) in [5.74, 6) is 0.924. The number of hydrogen-bond acceptors (Lipinski definition) is 8. The molecule has 6 rings (SSSR count). The number of carboxylic acids is 1. The summed E-state index contributed by atoms with van der Waals surface area (Å²) >= 11 is 0. The molecule has 4 aliphatic carbocycles. The predicted molar refractivity (Wildman–Crippen MR) is 129 cm³/mol. The van der Waals surface area contributed by atoms with Crippen molar-refractivity contribution in [2.75, 3.05) is 0 Å². The van der Waals surface area contributed by atoms with Crippen LogP contribution >= 0.6 is 0 Å². The van der Waals surface area contributed by atoms with Gasteiger partial charge < -0.3 is 35.0 Å². The van der Waals surface area contributed by atoms with Crippen molar-refractivity contribution in [3.05, 3.63) is 11.3 Å². The van der Waals surface area contributed by atoms with Crippen molar-refractivity contribution in [1.29, 1.82) is 0 Å². The van der Waals surface area contributed by atoms with Crippen molar-refractivity contribution in [2.24, 2.45) is 34.5 Å². The maximum atomic E-state index is 11.5. The Morgan fingerprint density at radius 3 is 2.49 bits per heavy atom. The lowest BCUT2D eigenvalue weighted by molar-refractivity contribution is -0.271. The zero-order valence-electron chi connectivity index (χ0n) is 21.8. The average molecular weight is 521 g/mol. The standard InChI is InChI=1S/C27H40N2O8/c1-25-11-14-17(28-29-22(14)37-24-20(32)18(30)19(31)21(36-24)23(33)34)10-12(25)4-5-13-15(25)6-8-26(2)16(13)7-9-27(26,3)35/h12-13,15-16,18-21,24,30-32,35H,4-11H2,1-3H3,(H,28,29)(H,33,34)/t12-,13+,15-,16-,18?,19-,20?,21?,24-,25-,26-,27-/m0/s1. The number of aromatic amines is 1. The molecule has 0 bridgehead atoms. The molecule has 10 nitrogen and oxygen atoms in total. The smallest absolute Gasteiger partial charge is 0.335 e. The van der Waals surface area contributed by atoms with E-state index < -0.39 is 42.3 Å². The van der Waals surface area contributed by atoms with Crippen LogP contribution in [0.15, 0.2) is 0 Å². The average Bonchev–Trinajstić information content (AvgIpc) is 3.33. The number of aliphatic hydroxyl groups excluding tert-OH is 3. The van der Waals surface area contributed by atoms with Crippen LogP contribution in [0.1, 0.15) is 70.6 Å². The van der Waals surface area contributed by atoms with Crippen molar-refractivity contribution in [3.63, 3.8) is 0 Å². The molecule has 0 radical (unpaired) electrons. The van der Waals surface area contributed by atoms with Crippen LogP contribution in [0.3, 0.4) is 0 Å². The number of fused-ring (bicyclic) bond motifs is 6. The molecule has 10 heteroatoms. The summed E-state index contributed by atoms with van der Waals surface area (Å²) in [4.78, 5) is 11.5. The molecular weight excluding hydrogens is 480 g/mol. The fourth-order valence-electron chi connectivity index (χ4n) is 9.11. The monoisotopic (exact) mass is 520 g/mol. The van der Waals surface area contributed by atoms with E-state index in [4.69, 9.17) is 9.47 Å². The molecular formula is C27H40N2O8. The first kappa shape index (κ1) is 25.6. The van der Waals surface area contributed by atoms with Crippen LogP contribution in [-0.2, 0) is 22.4 Å². The molecule has 37 heavy (non-hydrogen) atoms. The van der Waals surface area contributed by atoms with Gasteiger partial charge in [-0.25, -0.2) is 4.79 Å². The molecule has 0 amide bonds. The number of nitrogens with zero attached hydrogens (tertiary/aromatic N) is 1. The molecule has 6 N–H and O–H groups in total. The lowest BCUT2D eigenvalue weighted by atomic mass is 9.44. The van der Waals surface area contributed by atoms with Crippen LogP contribution in [0.5, 0.6) is 5.88 Å². The number of carbonyl (C=O) groups is 1. The Morgan fingerprint density at radius 1 is 1.03 bits per heavy atom. The van der Waals surface area contributed by atoms with Crippen molar-refractivity contribution >= 4 is 5.97 Å². The summed E-state index contributed by atoms with van der Waals surface area (Å²) in [6, 6.07) is 0. The van der Waals surface area contributed by atoms with E-state index in [0.29, 0.717) is 23.7 Å². The van der Waals surface area contributed by atoms with Gasteiger partial charge >= 0.3 is 5.97 Å². The Morgan fingerprint density at radius 2 is 1.76 bits per heavy atom. The minimum absolute atomic E-state index is 0.0268. The molecule has 4 fully saturated rings. The predicted octanol–water partition coefficient (Wildman–Crippen LogP) is 1.39. The van der Waals surface area contributed by atoms with Gasteiger partial charge in [0.05, 0.1) is 5.60 Å². The number of H-pyrrole nitrogens is 1. The first-order valence-corrected chi connectivity index (χ1v) is 13.7. The van der Waals surface area contributed by atoms with E-state index in [1.807, 2.05) is 6.92 Å². The van der Waals surface area contributed by atoms with Crippen molar-refractivity contribution < 1.29 is 39.8 Å². The van der Waals surface area contributed by atoms with Gasteiger partial charge in [0.15, 0.2) is 6.10 Å². The Labute approximate surface area is 216 Å². The highest BCUT2D eigenvalue weighted by atomic mass is 16.7. The first-order valence-electron chi connectivity index (χ1n) is 13.7. The van der Waals surface area contributed by atoms with Crippen LogP contribution in [0, 0.1) is 34.5 Å². The Balaban J connectivity index is 1.26. The van der Waals surface area contributed by atoms with Gasteiger partial charge in [-0.15, -0.1) is 5.10 Å². The number of hydrogen-bond donors (Lipinski definition) is 6. The summed E-state index contributed by atoms with van der Waals surface area (Å²) < 4.78 is 11.2. The van der Waals surface area contributed by atoms with Gasteiger partial charge in [0.25, 0.3) is 0 Å². The minimum atomic E-state index is -1.77. The Bertz CT molecular complexity index is 1070. The molecule has 12 atom stereocenters. The summed E-state index contributed by atoms with van der Waals surface area (Å²) in [6.07, 6.45) is -0.369.